The molecule has 1 aliphatic carbocycles. The van der Waals surface area contributed by atoms with Gasteiger partial charge in [0.25, 0.3) is 11.9 Å². The summed E-state index contributed by atoms with van der Waals surface area (Å²) in [6.07, 6.45) is 5.19. The van der Waals surface area contributed by atoms with Gasteiger partial charge in [-0.3, -0.25) is 24.1 Å². The van der Waals surface area contributed by atoms with Crippen molar-refractivity contribution in [2.45, 2.75) is 78.0 Å². The van der Waals surface area contributed by atoms with Crippen LogP contribution >= 0.6 is 0 Å². The average Bonchev–Trinajstić information content (AvgIpc) is 3.52. The number of aliphatic carboxylic acids is 2. The number of hydrogen-bond donors (Lipinski definition) is 5. The Morgan fingerprint density at radius 1 is 0.886 bits per heavy atom. The van der Waals surface area contributed by atoms with Crippen LogP contribution in [0.3, 0.4) is 0 Å². The Morgan fingerprint density at radius 2 is 1.40 bits per heavy atom. The van der Waals surface area contributed by atoms with E-state index in [2.05, 4.69) is 15.5 Å². The molecule has 1 saturated heterocycles. The molecule has 0 bridgehead atoms. The van der Waals surface area contributed by atoms with Crippen molar-refractivity contribution in [1.82, 2.24) is 15.5 Å². The largest absolute Gasteiger partial charge is 0.481 e. The molecule has 6 N–H and O–H groups in total. The van der Waals surface area contributed by atoms with E-state index in [4.69, 9.17) is 25.5 Å². The van der Waals surface area contributed by atoms with E-state index in [9.17, 15) is 9.59 Å². The molecule has 35 heavy (non-hydrogen) atoms. The molecule has 2 fully saturated rings. The van der Waals surface area contributed by atoms with Crippen LogP contribution in [-0.2, 0) is 32.3 Å². The van der Waals surface area contributed by atoms with Crippen LogP contribution in [0.5, 0.6) is 0 Å². The van der Waals surface area contributed by atoms with Gasteiger partial charge in [-0.15, -0.1) is 0 Å². The van der Waals surface area contributed by atoms with E-state index >= 15 is 0 Å². The van der Waals surface area contributed by atoms with Gasteiger partial charge in [0.1, 0.15) is 0 Å². The molecule has 2 aliphatic rings. The van der Waals surface area contributed by atoms with Crippen LogP contribution in [0.15, 0.2) is 24.3 Å². The molecule has 10 nitrogen and oxygen atoms in total. The number of amides is 2. The lowest BCUT2D eigenvalue weighted by molar-refractivity contribution is -0.135. The summed E-state index contributed by atoms with van der Waals surface area (Å²) in [5, 5.41) is 20.8. The minimum Gasteiger partial charge on any atom is -0.481 e. The lowest BCUT2D eigenvalue weighted by atomic mass is 10.1. The second-order valence-corrected chi connectivity index (χ2v) is 9.00. The van der Waals surface area contributed by atoms with Gasteiger partial charge in [-0.05, 0) is 42.7 Å². The molecule has 0 radical (unpaired) electrons. The van der Waals surface area contributed by atoms with Gasteiger partial charge in [-0.2, -0.15) is 0 Å². The van der Waals surface area contributed by atoms with Crippen molar-refractivity contribution < 1.29 is 29.4 Å². The van der Waals surface area contributed by atoms with E-state index in [-0.39, 0.29) is 17.9 Å². The monoisotopic (exact) mass is 492 g/mol. The van der Waals surface area contributed by atoms with Crippen LogP contribution in [0, 0.1) is 5.92 Å². The number of carboxylic acids is 2. The molecule has 0 spiro atoms. The summed E-state index contributed by atoms with van der Waals surface area (Å²) in [6, 6.07) is 8.67. The maximum absolute atomic E-state index is 12.5. The highest BCUT2D eigenvalue weighted by atomic mass is 16.4. The highest BCUT2D eigenvalue weighted by molar-refractivity contribution is 5.76. The molecule has 1 aromatic rings. The van der Waals surface area contributed by atoms with Gasteiger partial charge in [0.05, 0.1) is 0 Å². The number of rotatable bonds is 9. The van der Waals surface area contributed by atoms with E-state index in [1.165, 1.54) is 12.8 Å². The van der Waals surface area contributed by atoms with Crippen LogP contribution in [-0.4, -0.2) is 64.0 Å². The number of nitrogens with one attached hydrogen (secondary N) is 2. The SMILES string of the molecule is CC(=O)NC[C@H]1CC[C@@H](CC(=O)NCc2ccc(CN)cc2)N1CC1CC1.CC(=O)O.CC(=O)O. The predicted molar refractivity (Wildman–Crippen MR) is 132 cm³/mol. The Kier molecular flexibility index (Phi) is 13.6. The lowest BCUT2D eigenvalue weighted by Crippen LogP contribution is -2.45. The molecular weight excluding hydrogens is 452 g/mol. The van der Waals surface area contributed by atoms with Crippen LogP contribution in [0.2, 0.25) is 0 Å². The van der Waals surface area contributed by atoms with Gasteiger partial charge in [0.2, 0.25) is 11.8 Å². The lowest BCUT2D eigenvalue weighted by Gasteiger charge is -2.30. The van der Waals surface area contributed by atoms with Crippen molar-refractivity contribution >= 4 is 23.8 Å². The number of carboxylic acid groups (broad SMARTS) is 2. The number of likely N-dealkylation sites (tertiary alicyclic amines) is 1. The van der Waals surface area contributed by atoms with E-state index in [1.807, 2.05) is 24.3 Å². The van der Waals surface area contributed by atoms with Crippen LogP contribution in [0.25, 0.3) is 0 Å². The molecule has 1 aliphatic heterocycles. The summed E-state index contributed by atoms with van der Waals surface area (Å²) in [7, 11) is 0. The second-order valence-electron chi connectivity index (χ2n) is 9.00. The van der Waals surface area contributed by atoms with Crippen molar-refractivity contribution in [2.24, 2.45) is 11.7 Å². The molecule has 2 atom stereocenters. The molecule has 2 amide bonds. The topological polar surface area (TPSA) is 162 Å². The number of carbonyl (C=O) groups is 4. The molecule has 0 unspecified atom stereocenters. The van der Waals surface area contributed by atoms with E-state index in [0.717, 1.165) is 50.3 Å². The Balaban J connectivity index is 0.000000668. The normalized spacial score (nSPS) is 18.9. The summed E-state index contributed by atoms with van der Waals surface area (Å²) < 4.78 is 0. The van der Waals surface area contributed by atoms with Crippen LogP contribution in [0.4, 0.5) is 0 Å². The zero-order valence-electron chi connectivity index (χ0n) is 21.0. The first kappa shape index (κ1) is 30.1. The molecule has 3 rings (SSSR count). The maximum atomic E-state index is 12.5. The third-order valence-electron chi connectivity index (χ3n) is 5.69. The van der Waals surface area contributed by atoms with Crippen molar-refractivity contribution in [1.29, 1.82) is 0 Å². The number of carbonyl (C=O) groups excluding carboxylic acids is 2. The van der Waals surface area contributed by atoms with Gasteiger partial charge < -0.3 is 26.6 Å². The predicted octanol–water partition coefficient (Wildman–Crippen LogP) is 1.71. The zero-order chi connectivity index (χ0) is 26.4. The first-order valence-corrected chi connectivity index (χ1v) is 12.0. The third-order valence-corrected chi connectivity index (χ3v) is 5.69. The Morgan fingerprint density at radius 3 is 1.89 bits per heavy atom. The van der Waals surface area contributed by atoms with E-state index in [0.29, 0.717) is 32.1 Å². The number of nitrogens with zero attached hydrogens (tertiary/aromatic N) is 1. The highest BCUT2D eigenvalue weighted by Crippen LogP contribution is 2.35. The highest BCUT2D eigenvalue weighted by Gasteiger charge is 2.37. The molecule has 1 saturated carbocycles. The standard InChI is InChI=1S/C21H32N4O2.2C2H4O2/c1-15(26)23-13-20-9-8-19(25(20)14-18-6-7-18)10-21(27)24-12-17-4-2-16(11-22)3-5-17;2*1-2(3)4/h2-5,18-20H,6-14,22H2,1H3,(H,23,26)(H,24,27);2*1H3,(H,3,4)/t19-,20+;;/m0../s1. The van der Waals surface area contributed by atoms with E-state index in [1.54, 1.807) is 6.92 Å². The third kappa shape index (κ3) is 14.1. The molecular formula is C25H40N4O6. The minimum atomic E-state index is -0.833. The summed E-state index contributed by atoms with van der Waals surface area (Å²) in [5.74, 6) is -0.776. The van der Waals surface area contributed by atoms with Gasteiger partial charge in [0, 0.05) is 65.5 Å². The molecule has 10 heteroatoms. The summed E-state index contributed by atoms with van der Waals surface area (Å²) in [4.78, 5) is 44.2. The quantitative estimate of drug-likeness (QED) is 0.348. The Bertz CT molecular complexity index is 806. The van der Waals surface area contributed by atoms with Crippen LogP contribution in [0.1, 0.15) is 64.0 Å². The van der Waals surface area contributed by atoms with Crippen LogP contribution < -0.4 is 16.4 Å². The molecule has 0 aromatic heterocycles. The smallest absolute Gasteiger partial charge is 0.300 e. The maximum Gasteiger partial charge on any atom is 0.300 e. The minimum absolute atomic E-state index is 0.0169. The van der Waals surface area contributed by atoms with Crippen molar-refractivity contribution in [3.8, 4) is 0 Å². The van der Waals surface area contributed by atoms with Gasteiger partial charge >= 0.3 is 0 Å². The fraction of sp³-hybridized carbons (Fsp3) is 0.600. The zero-order valence-corrected chi connectivity index (χ0v) is 21.0. The van der Waals surface area contributed by atoms with E-state index < -0.39 is 11.9 Å². The average molecular weight is 493 g/mol. The summed E-state index contributed by atoms with van der Waals surface area (Å²) in [6.45, 7) is 6.56. The van der Waals surface area contributed by atoms with Gasteiger partial charge in [0.15, 0.2) is 0 Å². The summed E-state index contributed by atoms with van der Waals surface area (Å²) >= 11 is 0. The molecule has 196 valence electrons. The van der Waals surface area contributed by atoms with Crippen molar-refractivity contribution in [3.63, 3.8) is 0 Å². The van der Waals surface area contributed by atoms with Crippen molar-refractivity contribution in [3.05, 3.63) is 35.4 Å². The molecule has 1 heterocycles. The Hall–Kier alpha value is -2.98. The van der Waals surface area contributed by atoms with Crippen molar-refractivity contribution in [2.75, 3.05) is 13.1 Å². The number of hydrogen-bond acceptors (Lipinski definition) is 6. The fourth-order valence-electron chi connectivity index (χ4n) is 3.89. The second kappa shape index (κ2) is 15.8. The number of nitrogens with two attached hydrogens (primary N) is 1. The summed E-state index contributed by atoms with van der Waals surface area (Å²) in [5.41, 5.74) is 7.80. The first-order valence-electron chi connectivity index (χ1n) is 12.0. The Labute approximate surface area is 207 Å². The van der Waals surface area contributed by atoms with Gasteiger partial charge in [-0.25, -0.2) is 0 Å². The van der Waals surface area contributed by atoms with Gasteiger partial charge in [-0.1, -0.05) is 24.3 Å². The fourth-order valence-corrected chi connectivity index (χ4v) is 3.89. The number of benzene rings is 1. The molecule has 1 aromatic carbocycles. The first-order chi connectivity index (χ1) is 16.5.